The quantitative estimate of drug-likeness (QED) is 0.352. The highest BCUT2D eigenvalue weighted by Gasteiger charge is 2.21. The third-order valence-electron chi connectivity index (χ3n) is 5.01. The second kappa shape index (κ2) is 8.43. The fraction of sp³-hybridized carbons (Fsp3) is 0.174. The van der Waals surface area contributed by atoms with Crippen molar-refractivity contribution in [2.24, 2.45) is 0 Å². The standard InChI is InChI=1S/C23H19N3O5S/c1-14(21(27)24-15-8-9-19-20(11-15)31-13-30-19)32-23-25-18-7-3-2-6-17(18)22(28)26(23)12-16-5-4-10-29-16/h2-11,14H,12-13H2,1H3,(H,24,27)/t14-/m0/s1. The number of rotatable bonds is 6. The summed E-state index contributed by atoms with van der Waals surface area (Å²) in [6, 6.07) is 16.0. The van der Waals surface area contributed by atoms with Gasteiger partial charge in [0.2, 0.25) is 12.7 Å². The summed E-state index contributed by atoms with van der Waals surface area (Å²) in [5.41, 5.74) is 1.00. The van der Waals surface area contributed by atoms with E-state index in [1.54, 1.807) is 61.7 Å². The van der Waals surface area contributed by atoms with Crippen LogP contribution < -0.4 is 20.3 Å². The van der Waals surface area contributed by atoms with Crippen molar-refractivity contribution in [3.05, 3.63) is 77.0 Å². The van der Waals surface area contributed by atoms with Gasteiger partial charge in [0.1, 0.15) is 5.76 Å². The first-order chi connectivity index (χ1) is 15.6. The van der Waals surface area contributed by atoms with Crippen LogP contribution in [0.25, 0.3) is 10.9 Å². The number of thioether (sulfide) groups is 1. The number of fused-ring (bicyclic) bond motifs is 2. The molecule has 0 fully saturated rings. The Labute approximate surface area is 187 Å². The molecule has 0 saturated heterocycles. The highest BCUT2D eigenvalue weighted by Crippen LogP contribution is 2.34. The number of hydrogen-bond acceptors (Lipinski definition) is 7. The van der Waals surface area contributed by atoms with Crippen LogP contribution in [0.4, 0.5) is 5.69 Å². The van der Waals surface area contributed by atoms with E-state index in [2.05, 4.69) is 10.3 Å². The number of nitrogens with zero attached hydrogens (tertiary/aromatic N) is 2. The van der Waals surface area contributed by atoms with Crippen molar-refractivity contribution in [2.75, 3.05) is 12.1 Å². The zero-order valence-electron chi connectivity index (χ0n) is 17.1. The summed E-state index contributed by atoms with van der Waals surface area (Å²) in [5.74, 6) is 1.64. The van der Waals surface area contributed by atoms with Gasteiger partial charge in [-0.15, -0.1) is 0 Å². The molecule has 3 heterocycles. The molecule has 0 saturated carbocycles. The Morgan fingerprint density at radius 3 is 2.84 bits per heavy atom. The maximum atomic E-state index is 13.2. The number of carbonyl (C=O) groups excluding carboxylic acids is 1. The number of anilines is 1. The van der Waals surface area contributed by atoms with Gasteiger partial charge in [0.25, 0.3) is 5.56 Å². The number of aromatic nitrogens is 2. The van der Waals surface area contributed by atoms with Crippen LogP contribution in [-0.2, 0) is 11.3 Å². The van der Waals surface area contributed by atoms with E-state index in [1.807, 2.05) is 6.07 Å². The third-order valence-corrected chi connectivity index (χ3v) is 6.10. The molecular weight excluding hydrogens is 430 g/mol. The zero-order chi connectivity index (χ0) is 22.1. The number of nitrogens with one attached hydrogen (secondary N) is 1. The average Bonchev–Trinajstić information content (AvgIpc) is 3.48. The normalized spacial score (nSPS) is 13.3. The largest absolute Gasteiger partial charge is 0.467 e. The van der Waals surface area contributed by atoms with E-state index in [0.717, 1.165) is 0 Å². The minimum atomic E-state index is -0.517. The highest BCUT2D eigenvalue weighted by atomic mass is 32.2. The van der Waals surface area contributed by atoms with E-state index in [4.69, 9.17) is 13.9 Å². The maximum Gasteiger partial charge on any atom is 0.262 e. The fourth-order valence-corrected chi connectivity index (χ4v) is 4.27. The molecule has 1 aliphatic heterocycles. The van der Waals surface area contributed by atoms with Gasteiger partial charge in [0.15, 0.2) is 16.7 Å². The summed E-state index contributed by atoms with van der Waals surface area (Å²) >= 11 is 1.22. The number of carbonyl (C=O) groups is 1. The summed E-state index contributed by atoms with van der Waals surface area (Å²) in [5, 5.41) is 3.32. The first kappa shape index (κ1) is 20.2. The molecule has 0 spiro atoms. The number of benzene rings is 2. The van der Waals surface area contributed by atoms with Crippen LogP contribution in [0, 0.1) is 0 Å². The van der Waals surface area contributed by atoms with Crippen molar-refractivity contribution in [3.63, 3.8) is 0 Å². The van der Waals surface area contributed by atoms with Crippen LogP contribution in [0.3, 0.4) is 0 Å². The van der Waals surface area contributed by atoms with E-state index in [1.165, 1.54) is 16.3 Å². The lowest BCUT2D eigenvalue weighted by molar-refractivity contribution is -0.115. The van der Waals surface area contributed by atoms with Gasteiger partial charge >= 0.3 is 0 Å². The molecule has 32 heavy (non-hydrogen) atoms. The Bertz CT molecular complexity index is 1350. The first-order valence-corrected chi connectivity index (χ1v) is 10.9. The monoisotopic (exact) mass is 449 g/mol. The molecule has 9 heteroatoms. The second-order valence-corrected chi connectivity index (χ2v) is 8.51. The maximum absolute atomic E-state index is 13.2. The van der Waals surface area contributed by atoms with Crippen LogP contribution in [0.2, 0.25) is 0 Å². The van der Waals surface area contributed by atoms with Gasteiger partial charge in [-0.2, -0.15) is 0 Å². The molecule has 0 unspecified atom stereocenters. The summed E-state index contributed by atoms with van der Waals surface area (Å²) in [6.45, 7) is 2.16. The Morgan fingerprint density at radius 2 is 2.00 bits per heavy atom. The molecule has 4 aromatic rings. The van der Waals surface area contributed by atoms with Gasteiger partial charge in [0.05, 0.1) is 29.0 Å². The lowest BCUT2D eigenvalue weighted by Crippen LogP contribution is -2.27. The smallest absolute Gasteiger partial charge is 0.262 e. The molecule has 162 valence electrons. The summed E-state index contributed by atoms with van der Waals surface area (Å²) in [4.78, 5) is 30.7. The Balaban J connectivity index is 1.42. The van der Waals surface area contributed by atoms with E-state index < -0.39 is 5.25 Å². The minimum Gasteiger partial charge on any atom is -0.467 e. The Kier molecular flexibility index (Phi) is 5.32. The number of furan rings is 1. The van der Waals surface area contributed by atoms with E-state index in [9.17, 15) is 9.59 Å². The Morgan fingerprint density at radius 1 is 1.16 bits per heavy atom. The number of ether oxygens (including phenoxy) is 2. The van der Waals surface area contributed by atoms with E-state index >= 15 is 0 Å². The van der Waals surface area contributed by atoms with Crippen LogP contribution >= 0.6 is 11.8 Å². The molecule has 5 rings (SSSR count). The van der Waals surface area contributed by atoms with Crippen LogP contribution in [-0.4, -0.2) is 27.5 Å². The lowest BCUT2D eigenvalue weighted by atomic mass is 10.2. The van der Waals surface area contributed by atoms with E-state index in [0.29, 0.717) is 39.0 Å². The predicted octanol–water partition coefficient (Wildman–Crippen LogP) is 3.89. The number of hydrogen-bond donors (Lipinski definition) is 1. The average molecular weight is 449 g/mol. The molecule has 0 bridgehead atoms. The molecule has 0 aliphatic carbocycles. The number of para-hydroxylation sites is 1. The van der Waals surface area contributed by atoms with Crippen LogP contribution in [0.5, 0.6) is 11.5 Å². The molecule has 1 N–H and O–H groups in total. The fourth-order valence-electron chi connectivity index (χ4n) is 3.37. The predicted molar refractivity (Wildman–Crippen MR) is 120 cm³/mol. The SMILES string of the molecule is C[C@H](Sc1nc2ccccc2c(=O)n1Cc1ccco1)C(=O)Nc1ccc2c(c1)OCO2. The van der Waals surface area contributed by atoms with Gasteiger partial charge in [0, 0.05) is 11.8 Å². The van der Waals surface area contributed by atoms with Gasteiger partial charge in [-0.3, -0.25) is 14.2 Å². The molecule has 8 nitrogen and oxygen atoms in total. The summed E-state index contributed by atoms with van der Waals surface area (Å²) in [7, 11) is 0. The highest BCUT2D eigenvalue weighted by molar-refractivity contribution is 8.00. The topological polar surface area (TPSA) is 95.6 Å². The molecule has 2 aromatic heterocycles. The molecule has 1 aliphatic rings. The van der Waals surface area contributed by atoms with Gasteiger partial charge in [-0.05, 0) is 43.3 Å². The van der Waals surface area contributed by atoms with Gasteiger partial charge < -0.3 is 19.2 Å². The van der Waals surface area contributed by atoms with Crippen LogP contribution in [0.1, 0.15) is 12.7 Å². The van der Waals surface area contributed by atoms with Gasteiger partial charge in [-0.25, -0.2) is 4.98 Å². The molecular formula is C23H19N3O5S. The molecule has 1 amide bonds. The number of amides is 1. The molecule has 0 radical (unpaired) electrons. The van der Waals surface area contributed by atoms with Crippen molar-refractivity contribution < 1.29 is 18.7 Å². The minimum absolute atomic E-state index is 0.166. The Hall–Kier alpha value is -3.72. The summed E-state index contributed by atoms with van der Waals surface area (Å²) < 4.78 is 17.6. The molecule has 1 atom stereocenters. The van der Waals surface area contributed by atoms with Crippen molar-refractivity contribution >= 4 is 34.3 Å². The van der Waals surface area contributed by atoms with E-state index in [-0.39, 0.29) is 24.8 Å². The van der Waals surface area contributed by atoms with Crippen molar-refractivity contribution in [3.8, 4) is 11.5 Å². The molecule has 2 aromatic carbocycles. The zero-order valence-corrected chi connectivity index (χ0v) is 17.9. The first-order valence-electron chi connectivity index (χ1n) is 9.97. The van der Waals surface area contributed by atoms with Crippen molar-refractivity contribution in [2.45, 2.75) is 23.9 Å². The van der Waals surface area contributed by atoms with Gasteiger partial charge in [-0.1, -0.05) is 23.9 Å². The lowest BCUT2D eigenvalue weighted by Gasteiger charge is -2.16. The van der Waals surface area contributed by atoms with Crippen LogP contribution in [0.15, 0.2) is 75.2 Å². The van der Waals surface area contributed by atoms with Crippen molar-refractivity contribution in [1.82, 2.24) is 9.55 Å². The summed E-state index contributed by atoms with van der Waals surface area (Å²) in [6.07, 6.45) is 1.56. The van der Waals surface area contributed by atoms with Crippen molar-refractivity contribution in [1.29, 1.82) is 0 Å². The third kappa shape index (κ3) is 3.94. The second-order valence-electron chi connectivity index (χ2n) is 7.20.